The van der Waals surface area contributed by atoms with Gasteiger partial charge in [0.15, 0.2) is 0 Å². The zero-order chi connectivity index (χ0) is 19.8. The van der Waals surface area contributed by atoms with Crippen LogP contribution in [0.5, 0.6) is 0 Å². The van der Waals surface area contributed by atoms with Gasteiger partial charge in [0.2, 0.25) is 0 Å². The van der Waals surface area contributed by atoms with Crippen molar-refractivity contribution in [3.63, 3.8) is 0 Å². The number of aryl methyl sites for hydroxylation is 1. The molecule has 3 aromatic carbocycles. The third kappa shape index (κ3) is 1.88. The smallest absolute Gasteiger partial charge is 0.145 e. The Morgan fingerprint density at radius 2 is 1.77 bits per heavy atom. The summed E-state index contributed by atoms with van der Waals surface area (Å²) >= 11 is 3.30. The summed E-state index contributed by atoms with van der Waals surface area (Å²) in [6.07, 6.45) is 0. The molecule has 0 N–H and O–H groups in total. The van der Waals surface area contributed by atoms with Gasteiger partial charge in [0.05, 0.1) is 10.3 Å². The van der Waals surface area contributed by atoms with Gasteiger partial charge >= 0.3 is 0 Å². The number of furan rings is 1. The van der Waals surface area contributed by atoms with Crippen LogP contribution in [0.25, 0.3) is 52.1 Å². The van der Waals surface area contributed by atoms with Gasteiger partial charge in [-0.2, -0.15) is 0 Å². The third-order valence-electron chi connectivity index (χ3n) is 4.69. The predicted molar refractivity (Wildman–Crippen MR) is 112 cm³/mol. The number of nitrogens with zero attached hydrogens (tertiary/aromatic N) is 1. The monoisotopic (exact) mass is 374 g/mol. The van der Waals surface area contributed by atoms with E-state index in [1.807, 2.05) is 42.5 Å². The minimum Gasteiger partial charge on any atom is -0.455 e. The first-order valence-corrected chi connectivity index (χ1v) is 9.87. The maximum absolute atomic E-state index is 7.98. The summed E-state index contributed by atoms with van der Waals surface area (Å²) in [6.45, 7) is -2.22. The van der Waals surface area contributed by atoms with Crippen molar-refractivity contribution in [3.05, 3.63) is 66.2 Å². The Balaban J connectivity index is 1.69. The van der Waals surface area contributed by atoms with Crippen LogP contribution in [0.15, 0.2) is 65.1 Å². The highest BCUT2D eigenvalue weighted by Crippen LogP contribution is 2.43. The van der Waals surface area contributed by atoms with E-state index in [1.54, 1.807) is 28.7 Å². The number of aromatic nitrogens is 1. The van der Waals surface area contributed by atoms with Gasteiger partial charge in [-0.15, -0.1) is 22.7 Å². The predicted octanol–water partition coefficient (Wildman–Crippen LogP) is 7.39. The van der Waals surface area contributed by atoms with Crippen molar-refractivity contribution in [3.8, 4) is 10.6 Å². The molecule has 0 aliphatic heterocycles. The van der Waals surface area contributed by atoms with Crippen LogP contribution < -0.4 is 0 Å². The largest absolute Gasteiger partial charge is 0.455 e. The van der Waals surface area contributed by atoms with E-state index in [0.717, 1.165) is 25.5 Å². The fourth-order valence-corrected chi connectivity index (χ4v) is 5.87. The molecule has 0 amide bonds. The Bertz CT molecular complexity index is 1560. The zero-order valence-corrected chi connectivity index (χ0v) is 15.1. The van der Waals surface area contributed by atoms with Crippen LogP contribution in [-0.2, 0) is 0 Å². The number of fused-ring (bicyclic) bond motifs is 6. The van der Waals surface area contributed by atoms with Crippen molar-refractivity contribution in [1.82, 2.24) is 4.98 Å². The standard InChI is InChI=1S/C22H13NOS2/c1-12-10-11-15(19-18(12)13-6-2-4-8-16(13)24-19)21-23-22-20(26-21)14-7-3-5-9-17(14)25-22/h2-11H,1H3/i1D3. The molecule has 0 aliphatic rings. The van der Waals surface area contributed by atoms with Crippen LogP contribution in [0.4, 0.5) is 0 Å². The van der Waals surface area contributed by atoms with E-state index >= 15 is 0 Å². The molecule has 0 radical (unpaired) electrons. The molecule has 0 atom stereocenters. The van der Waals surface area contributed by atoms with Crippen LogP contribution in [0, 0.1) is 6.85 Å². The van der Waals surface area contributed by atoms with E-state index in [0.29, 0.717) is 22.1 Å². The summed E-state index contributed by atoms with van der Waals surface area (Å²) in [5.41, 5.74) is 2.42. The van der Waals surface area contributed by atoms with Crippen molar-refractivity contribution in [2.75, 3.05) is 0 Å². The van der Waals surface area contributed by atoms with E-state index in [2.05, 4.69) is 12.1 Å². The molecule has 6 rings (SSSR count). The lowest BCUT2D eigenvalue weighted by Crippen LogP contribution is -1.80. The molecule has 0 fully saturated rings. The Hall–Kier alpha value is -2.69. The molecule has 26 heavy (non-hydrogen) atoms. The molecule has 124 valence electrons. The zero-order valence-electron chi connectivity index (χ0n) is 16.4. The van der Waals surface area contributed by atoms with E-state index in [1.165, 1.54) is 10.1 Å². The van der Waals surface area contributed by atoms with Crippen molar-refractivity contribution < 1.29 is 8.53 Å². The highest BCUT2D eigenvalue weighted by molar-refractivity contribution is 7.33. The number of thiazole rings is 1. The SMILES string of the molecule is [2H]C([2H])([2H])c1ccc(-c2nc3sc4ccccc4c3s2)c2oc3ccccc3c12. The molecule has 2 nitrogen and oxygen atoms in total. The minimum atomic E-state index is -2.22. The van der Waals surface area contributed by atoms with Crippen molar-refractivity contribution in [2.24, 2.45) is 0 Å². The summed E-state index contributed by atoms with van der Waals surface area (Å²) in [5.74, 6) is 0. The van der Waals surface area contributed by atoms with Crippen LogP contribution in [-0.4, -0.2) is 4.98 Å². The summed E-state index contributed by atoms with van der Waals surface area (Å²) in [6, 6.07) is 19.4. The summed E-state index contributed by atoms with van der Waals surface area (Å²) in [7, 11) is 0. The molecule has 6 aromatic rings. The number of rotatable bonds is 1. The first kappa shape index (κ1) is 11.8. The van der Waals surface area contributed by atoms with Crippen LogP contribution in [0.3, 0.4) is 0 Å². The van der Waals surface area contributed by atoms with Crippen LogP contribution >= 0.6 is 22.7 Å². The van der Waals surface area contributed by atoms with Gasteiger partial charge in [-0.3, -0.25) is 0 Å². The average Bonchev–Trinajstić information content (AvgIpc) is 3.37. The van der Waals surface area contributed by atoms with E-state index < -0.39 is 6.85 Å². The van der Waals surface area contributed by atoms with Crippen LogP contribution in [0.2, 0.25) is 0 Å². The number of hydrogen-bond donors (Lipinski definition) is 0. The second kappa shape index (κ2) is 5.16. The maximum Gasteiger partial charge on any atom is 0.145 e. The fraction of sp³-hybridized carbons (Fsp3) is 0.0455. The van der Waals surface area contributed by atoms with Crippen molar-refractivity contribution in [2.45, 2.75) is 6.85 Å². The molecule has 3 aromatic heterocycles. The lowest BCUT2D eigenvalue weighted by atomic mass is 10.0. The highest BCUT2D eigenvalue weighted by Gasteiger charge is 2.18. The average molecular weight is 375 g/mol. The number of thiophene rings is 1. The molecule has 0 spiro atoms. The molecule has 4 heteroatoms. The molecule has 0 aliphatic carbocycles. The molecular formula is C22H13NOS2. The van der Waals surface area contributed by atoms with Crippen molar-refractivity contribution in [1.29, 1.82) is 0 Å². The second-order valence-corrected chi connectivity index (χ2v) is 8.24. The van der Waals surface area contributed by atoms with Gasteiger partial charge in [-0.1, -0.05) is 42.5 Å². The summed E-state index contributed by atoms with van der Waals surface area (Å²) in [5, 5.41) is 3.52. The first-order valence-electron chi connectivity index (χ1n) is 9.74. The highest BCUT2D eigenvalue weighted by atomic mass is 32.1. The molecule has 0 bridgehead atoms. The maximum atomic E-state index is 7.98. The quantitative estimate of drug-likeness (QED) is 0.300. The molecule has 0 saturated carbocycles. The lowest BCUT2D eigenvalue weighted by Gasteiger charge is -2.01. The van der Waals surface area contributed by atoms with Crippen molar-refractivity contribution >= 4 is 64.2 Å². The molecular weight excluding hydrogens is 358 g/mol. The van der Waals surface area contributed by atoms with E-state index in [4.69, 9.17) is 13.5 Å². The van der Waals surface area contributed by atoms with E-state index in [9.17, 15) is 0 Å². The molecule has 0 saturated heterocycles. The second-order valence-electron chi connectivity index (χ2n) is 6.21. The first-order chi connectivity index (χ1) is 14.0. The van der Waals surface area contributed by atoms with Gasteiger partial charge < -0.3 is 4.42 Å². The Morgan fingerprint density at radius 3 is 2.69 bits per heavy atom. The number of benzene rings is 3. The lowest BCUT2D eigenvalue weighted by molar-refractivity contribution is 0.670. The van der Waals surface area contributed by atoms with Gasteiger partial charge in [0.1, 0.15) is 21.0 Å². The summed E-state index contributed by atoms with van der Waals surface area (Å²) in [4.78, 5) is 5.86. The number of hydrogen-bond acceptors (Lipinski definition) is 4. The minimum absolute atomic E-state index is 0.310. The van der Waals surface area contributed by atoms with Gasteiger partial charge in [-0.05, 0) is 30.6 Å². The van der Waals surface area contributed by atoms with Gasteiger partial charge in [-0.25, -0.2) is 4.98 Å². The Morgan fingerprint density at radius 1 is 0.923 bits per heavy atom. The van der Waals surface area contributed by atoms with Gasteiger partial charge in [0, 0.05) is 25.0 Å². The molecule has 0 unspecified atom stereocenters. The topological polar surface area (TPSA) is 26.0 Å². The molecule has 3 heterocycles. The Kier molecular flexibility index (Phi) is 2.35. The van der Waals surface area contributed by atoms with E-state index in [-0.39, 0.29) is 0 Å². The normalized spacial score (nSPS) is 14.2. The fourth-order valence-electron chi connectivity index (χ4n) is 3.50. The van der Waals surface area contributed by atoms with Gasteiger partial charge in [0.25, 0.3) is 0 Å². The summed E-state index contributed by atoms with van der Waals surface area (Å²) < 4.78 is 32.5. The van der Waals surface area contributed by atoms with Crippen LogP contribution in [0.1, 0.15) is 9.68 Å². The third-order valence-corrected chi connectivity index (χ3v) is 7.01. The number of para-hydroxylation sites is 1. The Labute approximate surface area is 161 Å².